The molecule has 2 N–H and O–H groups in total. The monoisotopic (exact) mass is 772 g/mol. The second kappa shape index (κ2) is 10.5. The van der Waals surface area contributed by atoms with Crippen molar-refractivity contribution in [2.75, 3.05) is 6.61 Å². The second-order valence-corrected chi connectivity index (χ2v) is 13.4. The number of esters is 1. The van der Waals surface area contributed by atoms with E-state index in [1.807, 2.05) is 81.4 Å². The molecule has 0 aromatic heterocycles. The van der Waals surface area contributed by atoms with Gasteiger partial charge in [-0.15, -0.1) is 0 Å². The van der Waals surface area contributed by atoms with Crippen LogP contribution in [0.2, 0.25) is 0 Å². The van der Waals surface area contributed by atoms with Crippen LogP contribution in [0.3, 0.4) is 0 Å². The van der Waals surface area contributed by atoms with Crippen molar-refractivity contribution in [2.24, 2.45) is 0 Å². The molecule has 1 unspecified atom stereocenters. The van der Waals surface area contributed by atoms with E-state index in [4.69, 9.17) is 14.2 Å². The molecule has 5 aromatic carbocycles. The minimum absolute atomic E-state index is 0.146. The molecular weight excluding hydrogens is 746 g/mol. The summed E-state index contributed by atoms with van der Waals surface area (Å²) < 4.78 is 19.5. The van der Waals surface area contributed by atoms with Gasteiger partial charge in [0.25, 0.3) is 0 Å². The van der Waals surface area contributed by atoms with E-state index in [9.17, 15) is 15.0 Å². The molecule has 1 atom stereocenters. The maximum Gasteiger partial charge on any atom is 0.344 e. The van der Waals surface area contributed by atoms with Crippen LogP contribution in [0.5, 0.6) is 28.7 Å². The summed E-state index contributed by atoms with van der Waals surface area (Å²) in [6, 6.07) is 22.7. The third-order valence-corrected chi connectivity index (χ3v) is 8.39. The first-order chi connectivity index (χ1) is 19.5. The summed E-state index contributed by atoms with van der Waals surface area (Å²) >= 11 is 4.42. The summed E-state index contributed by atoms with van der Waals surface area (Å²) in [5, 5.41) is 25.5. The Labute approximate surface area is 264 Å². The number of carbonyl (C=O) groups excluding carboxylic acids is 1. The lowest BCUT2D eigenvalue weighted by molar-refractivity contribution is -0.157. The highest BCUT2D eigenvalue weighted by molar-refractivity contribution is 14.1. The highest BCUT2D eigenvalue weighted by Gasteiger charge is 2.34. The summed E-state index contributed by atoms with van der Waals surface area (Å²) in [5.74, 6) is 1.30. The molecule has 6 nitrogen and oxygen atoms in total. The van der Waals surface area contributed by atoms with Gasteiger partial charge in [-0.2, -0.15) is 0 Å². The molecule has 41 heavy (non-hydrogen) atoms. The van der Waals surface area contributed by atoms with Gasteiger partial charge in [0, 0.05) is 26.2 Å². The number of hydrogen-bond donors (Lipinski definition) is 2. The third kappa shape index (κ3) is 5.39. The van der Waals surface area contributed by atoms with Gasteiger partial charge >= 0.3 is 5.97 Å². The van der Waals surface area contributed by atoms with Gasteiger partial charge in [-0.3, -0.25) is 0 Å². The summed E-state index contributed by atoms with van der Waals surface area (Å²) in [4.78, 5) is 12.3. The molecule has 1 aliphatic heterocycles. The molecule has 0 amide bonds. The molecule has 0 bridgehead atoms. The molecule has 6 rings (SSSR count). The number of phenols is 2. The van der Waals surface area contributed by atoms with Crippen LogP contribution in [-0.4, -0.2) is 28.4 Å². The van der Waals surface area contributed by atoms with E-state index in [2.05, 4.69) is 45.2 Å². The number of aromatic hydroxyl groups is 2. The van der Waals surface area contributed by atoms with Gasteiger partial charge in [0.05, 0.1) is 3.57 Å². The Kier molecular flexibility index (Phi) is 7.17. The SMILES string of the molecule is CC(C)(C)OC(=O)COc1ccc2ccc3c(c2c1)C(c1cc(I)cc(I)c1O)c1c(ccc2ccc(O)cc12)O3. The molecule has 0 radical (unpaired) electrons. The topological polar surface area (TPSA) is 85.2 Å². The number of ether oxygens (including phenoxy) is 3. The molecule has 0 saturated carbocycles. The number of phenolic OH excluding ortho intramolecular Hbond substituents is 2. The first-order valence-electron chi connectivity index (χ1n) is 13.0. The Hall–Kier alpha value is -3.25. The van der Waals surface area contributed by atoms with Gasteiger partial charge in [0.15, 0.2) is 6.61 Å². The highest BCUT2D eigenvalue weighted by Crippen LogP contribution is 2.54. The summed E-state index contributed by atoms with van der Waals surface area (Å²) in [6.07, 6.45) is 0. The summed E-state index contributed by atoms with van der Waals surface area (Å²) in [5.41, 5.74) is 1.84. The number of hydrogen-bond acceptors (Lipinski definition) is 6. The third-order valence-electron chi connectivity index (χ3n) is 6.94. The van der Waals surface area contributed by atoms with Crippen molar-refractivity contribution in [3.05, 3.63) is 96.6 Å². The zero-order valence-electron chi connectivity index (χ0n) is 22.5. The molecule has 8 heteroatoms. The van der Waals surface area contributed by atoms with Crippen molar-refractivity contribution in [3.63, 3.8) is 0 Å². The van der Waals surface area contributed by atoms with Crippen LogP contribution in [0.15, 0.2) is 72.8 Å². The van der Waals surface area contributed by atoms with Gasteiger partial charge < -0.3 is 24.4 Å². The quantitative estimate of drug-likeness (QED) is 0.138. The zero-order valence-corrected chi connectivity index (χ0v) is 26.8. The van der Waals surface area contributed by atoms with Crippen LogP contribution >= 0.6 is 45.2 Å². The summed E-state index contributed by atoms with van der Waals surface area (Å²) in [7, 11) is 0. The molecule has 0 saturated heterocycles. The van der Waals surface area contributed by atoms with Crippen molar-refractivity contribution in [1.82, 2.24) is 0 Å². The zero-order chi connectivity index (χ0) is 29.1. The van der Waals surface area contributed by atoms with E-state index in [0.717, 1.165) is 45.4 Å². The molecular formula is C33H26I2O6. The number of halogens is 2. The molecule has 0 aliphatic carbocycles. The number of carbonyl (C=O) groups is 1. The van der Waals surface area contributed by atoms with Gasteiger partial charge in [-0.25, -0.2) is 4.79 Å². The number of benzene rings is 5. The van der Waals surface area contributed by atoms with Gasteiger partial charge in [-0.05, 0) is 136 Å². The van der Waals surface area contributed by atoms with Crippen molar-refractivity contribution in [1.29, 1.82) is 0 Å². The predicted molar refractivity (Wildman–Crippen MR) is 175 cm³/mol. The van der Waals surface area contributed by atoms with Gasteiger partial charge in [-0.1, -0.05) is 24.3 Å². The number of fused-ring (bicyclic) bond motifs is 6. The predicted octanol–water partition coefficient (Wildman–Crippen LogP) is 8.62. The first-order valence-corrected chi connectivity index (χ1v) is 15.2. The van der Waals surface area contributed by atoms with Crippen molar-refractivity contribution >= 4 is 72.7 Å². The van der Waals surface area contributed by atoms with Crippen LogP contribution < -0.4 is 9.47 Å². The largest absolute Gasteiger partial charge is 0.508 e. The molecule has 0 spiro atoms. The van der Waals surface area contributed by atoms with Gasteiger partial charge in [0.2, 0.25) is 0 Å². The lowest BCUT2D eigenvalue weighted by Crippen LogP contribution is -2.27. The van der Waals surface area contributed by atoms with Crippen LogP contribution in [-0.2, 0) is 9.53 Å². The Morgan fingerprint density at radius 1 is 0.854 bits per heavy atom. The Balaban J connectivity index is 1.58. The van der Waals surface area contributed by atoms with E-state index < -0.39 is 17.5 Å². The van der Waals surface area contributed by atoms with Crippen molar-refractivity contribution in [3.8, 4) is 28.7 Å². The molecule has 208 valence electrons. The van der Waals surface area contributed by atoms with Crippen LogP contribution in [0.25, 0.3) is 21.5 Å². The average molecular weight is 772 g/mol. The number of rotatable bonds is 4. The smallest absolute Gasteiger partial charge is 0.344 e. The standard InChI is InChI=1S/C33H26I2O6/c1-33(2,3)41-28(37)16-39-21-9-5-18-7-11-27-30(23(18)15-21)31(24-12-19(34)13-25(35)32(24)38)29-22-14-20(36)8-4-17(22)6-10-26(29)40-27/h4-15,31,36,38H,16H2,1-3H3. The van der Waals surface area contributed by atoms with E-state index in [1.165, 1.54) is 0 Å². The average Bonchev–Trinajstić information content (AvgIpc) is 2.91. The maximum absolute atomic E-state index is 12.3. The maximum atomic E-state index is 12.3. The normalized spacial score (nSPS) is 14.3. The first kappa shape index (κ1) is 27.9. The van der Waals surface area contributed by atoms with E-state index in [-0.39, 0.29) is 18.1 Å². The fraction of sp³-hybridized carbons (Fsp3) is 0.182. The Morgan fingerprint density at radius 3 is 2.12 bits per heavy atom. The molecule has 1 aliphatic rings. The van der Waals surface area contributed by atoms with Crippen LogP contribution in [0.1, 0.15) is 43.4 Å². The Bertz CT molecular complexity index is 1860. The van der Waals surface area contributed by atoms with Gasteiger partial charge in [0.1, 0.15) is 34.3 Å². The van der Waals surface area contributed by atoms with Crippen LogP contribution in [0.4, 0.5) is 0 Å². The fourth-order valence-electron chi connectivity index (χ4n) is 5.37. The molecule has 1 heterocycles. The van der Waals surface area contributed by atoms with E-state index >= 15 is 0 Å². The lowest BCUT2D eigenvalue weighted by atomic mass is 9.78. The van der Waals surface area contributed by atoms with E-state index in [0.29, 0.717) is 17.2 Å². The highest BCUT2D eigenvalue weighted by atomic mass is 127. The molecule has 5 aromatic rings. The minimum Gasteiger partial charge on any atom is -0.508 e. The lowest BCUT2D eigenvalue weighted by Gasteiger charge is -2.32. The second-order valence-electron chi connectivity index (χ2n) is 11.0. The summed E-state index contributed by atoms with van der Waals surface area (Å²) in [6.45, 7) is 5.22. The van der Waals surface area contributed by atoms with Crippen molar-refractivity contribution < 1.29 is 29.2 Å². The van der Waals surface area contributed by atoms with Crippen molar-refractivity contribution in [2.45, 2.75) is 32.3 Å². The van der Waals surface area contributed by atoms with E-state index in [1.54, 1.807) is 12.1 Å². The minimum atomic E-state index is -0.606. The fourth-order valence-corrected chi connectivity index (χ4v) is 7.26. The van der Waals surface area contributed by atoms with Crippen LogP contribution in [0, 0.1) is 7.14 Å². The Morgan fingerprint density at radius 2 is 1.46 bits per heavy atom. The molecule has 0 fully saturated rings.